The van der Waals surface area contributed by atoms with E-state index in [1.165, 1.54) is 6.07 Å². The second-order valence-electron chi connectivity index (χ2n) is 6.89. The van der Waals surface area contributed by atoms with Gasteiger partial charge in [0.1, 0.15) is 17.2 Å². The summed E-state index contributed by atoms with van der Waals surface area (Å²) in [5, 5.41) is 11.1. The van der Waals surface area contributed by atoms with Gasteiger partial charge in [-0.3, -0.25) is 9.89 Å². The predicted molar refractivity (Wildman–Crippen MR) is 100 cm³/mol. The van der Waals surface area contributed by atoms with Crippen LogP contribution < -0.4 is 4.90 Å². The van der Waals surface area contributed by atoms with E-state index >= 15 is 0 Å². The van der Waals surface area contributed by atoms with Crippen LogP contribution >= 0.6 is 0 Å². The highest BCUT2D eigenvalue weighted by Crippen LogP contribution is 2.33. The van der Waals surface area contributed by atoms with Crippen molar-refractivity contribution in [1.82, 2.24) is 20.3 Å². The summed E-state index contributed by atoms with van der Waals surface area (Å²) in [6, 6.07) is 10.0. The number of aromatic amines is 1. The lowest BCUT2D eigenvalue weighted by Gasteiger charge is -2.18. The van der Waals surface area contributed by atoms with E-state index in [0.29, 0.717) is 40.8 Å². The lowest BCUT2D eigenvalue weighted by molar-refractivity contribution is -0.117. The summed E-state index contributed by atoms with van der Waals surface area (Å²) in [6.07, 6.45) is 1.80. The van der Waals surface area contributed by atoms with E-state index < -0.39 is 0 Å². The molecule has 1 aliphatic heterocycles. The van der Waals surface area contributed by atoms with Gasteiger partial charge in [-0.15, -0.1) is 0 Å². The van der Waals surface area contributed by atoms with Crippen LogP contribution in [0.15, 0.2) is 51.6 Å². The predicted octanol–water partition coefficient (Wildman–Crippen LogP) is 3.69. The summed E-state index contributed by atoms with van der Waals surface area (Å²) >= 11 is 0. The Bertz CT molecular complexity index is 1180. The second kappa shape index (κ2) is 6.69. The molecule has 3 aromatic heterocycles. The summed E-state index contributed by atoms with van der Waals surface area (Å²) in [7, 11) is 0. The van der Waals surface area contributed by atoms with Crippen LogP contribution in [-0.2, 0) is 4.79 Å². The molecule has 1 amide bonds. The van der Waals surface area contributed by atoms with Crippen molar-refractivity contribution < 1.29 is 18.1 Å². The topological polar surface area (TPSA) is 101 Å². The first-order valence-electron chi connectivity index (χ1n) is 9.09. The zero-order valence-electron chi connectivity index (χ0n) is 15.4. The van der Waals surface area contributed by atoms with Gasteiger partial charge in [-0.2, -0.15) is 10.1 Å². The number of rotatable bonds is 4. The van der Waals surface area contributed by atoms with Gasteiger partial charge in [0.15, 0.2) is 11.6 Å². The minimum absolute atomic E-state index is 0.100. The Hall–Kier alpha value is -3.75. The van der Waals surface area contributed by atoms with Crippen molar-refractivity contribution in [3.8, 4) is 23.0 Å². The first-order chi connectivity index (χ1) is 14.1. The van der Waals surface area contributed by atoms with Crippen LogP contribution in [0.4, 0.5) is 10.1 Å². The van der Waals surface area contributed by atoms with E-state index in [-0.39, 0.29) is 30.0 Å². The molecule has 4 aromatic rings. The monoisotopic (exact) mass is 393 g/mol. The van der Waals surface area contributed by atoms with Gasteiger partial charge < -0.3 is 13.8 Å². The summed E-state index contributed by atoms with van der Waals surface area (Å²) in [4.78, 5) is 18.5. The molecule has 0 bridgehead atoms. The lowest BCUT2D eigenvalue weighted by atomic mass is 10.1. The van der Waals surface area contributed by atoms with Crippen LogP contribution in [0.25, 0.3) is 23.0 Å². The van der Waals surface area contributed by atoms with Gasteiger partial charge in [0.05, 0.1) is 6.26 Å². The van der Waals surface area contributed by atoms with Crippen molar-refractivity contribution in [2.45, 2.75) is 19.3 Å². The first kappa shape index (κ1) is 17.4. The van der Waals surface area contributed by atoms with Crippen molar-refractivity contribution >= 4 is 11.6 Å². The zero-order chi connectivity index (χ0) is 20.0. The number of amides is 1. The Balaban J connectivity index is 1.37. The van der Waals surface area contributed by atoms with Gasteiger partial charge in [0, 0.05) is 36.2 Å². The van der Waals surface area contributed by atoms with E-state index in [9.17, 15) is 9.18 Å². The number of hydrogen-bond acceptors (Lipinski definition) is 6. The minimum atomic E-state index is -0.341. The van der Waals surface area contributed by atoms with Crippen LogP contribution in [0, 0.1) is 12.7 Å². The van der Waals surface area contributed by atoms with E-state index in [2.05, 4.69) is 20.3 Å². The molecule has 0 aliphatic carbocycles. The van der Waals surface area contributed by atoms with Crippen molar-refractivity contribution in [1.29, 1.82) is 0 Å². The largest absolute Gasteiger partial charge is 0.463 e. The normalized spacial score (nSPS) is 16.7. The van der Waals surface area contributed by atoms with Crippen LogP contribution in [-0.4, -0.2) is 32.8 Å². The Morgan fingerprint density at radius 3 is 3.00 bits per heavy atom. The maximum absolute atomic E-state index is 13.9. The molecule has 0 radical (unpaired) electrons. The molecule has 8 nitrogen and oxygen atoms in total. The maximum Gasteiger partial charge on any atom is 0.275 e. The lowest BCUT2D eigenvalue weighted by Crippen LogP contribution is -2.25. The number of aromatic nitrogens is 4. The smallest absolute Gasteiger partial charge is 0.275 e. The van der Waals surface area contributed by atoms with Crippen LogP contribution in [0.3, 0.4) is 0 Å². The minimum Gasteiger partial charge on any atom is -0.463 e. The van der Waals surface area contributed by atoms with Crippen LogP contribution in [0.1, 0.15) is 23.7 Å². The summed E-state index contributed by atoms with van der Waals surface area (Å²) in [6.45, 7) is 2.02. The standard InChI is InChI=1S/C20H16FN5O3/c1-11-13(21)4-2-5-16(11)26-10-12(8-18(26)27)19-22-20(29-25-19)15-9-14(23-24-15)17-6-3-7-28-17/h2-7,9,12H,8,10H2,1H3,(H,23,24). The van der Waals surface area contributed by atoms with Gasteiger partial charge in [-0.05, 0) is 31.2 Å². The molecule has 1 atom stereocenters. The molecule has 1 saturated heterocycles. The Morgan fingerprint density at radius 2 is 2.17 bits per heavy atom. The SMILES string of the molecule is Cc1c(F)cccc1N1CC(c2noc(-c3cc(-c4ccco4)n[nH]3)n2)CC1=O. The molecule has 1 fully saturated rings. The number of benzene rings is 1. The van der Waals surface area contributed by atoms with Crippen molar-refractivity contribution in [3.63, 3.8) is 0 Å². The number of halogens is 1. The fraction of sp³-hybridized carbons (Fsp3) is 0.200. The zero-order valence-corrected chi connectivity index (χ0v) is 15.4. The van der Waals surface area contributed by atoms with E-state index in [1.807, 2.05) is 0 Å². The number of hydrogen-bond donors (Lipinski definition) is 1. The average Bonchev–Trinajstić information content (AvgIpc) is 3.50. The molecule has 5 rings (SSSR count). The van der Waals surface area contributed by atoms with E-state index in [1.54, 1.807) is 48.4 Å². The van der Waals surface area contributed by atoms with E-state index in [0.717, 1.165) is 0 Å². The quantitative estimate of drug-likeness (QED) is 0.567. The summed E-state index contributed by atoms with van der Waals surface area (Å²) < 4.78 is 24.6. The molecule has 4 heterocycles. The van der Waals surface area contributed by atoms with Crippen molar-refractivity contribution in [3.05, 3.63) is 59.9 Å². The third-order valence-corrected chi connectivity index (χ3v) is 5.04. The molecule has 0 saturated carbocycles. The highest BCUT2D eigenvalue weighted by Gasteiger charge is 2.35. The Morgan fingerprint density at radius 1 is 1.28 bits per heavy atom. The fourth-order valence-electron chi connectivity index (χ4n) is 3.49. The number of anilines is 1. The van der Waals surface area contributed by atoms with Crippen molar-refractivity contribution in [2.75, 3.05) is 11.4 Å². The van der Waals surface area contributed by atoms with Crippen LogP contribution in [0.2, 0.25) is 0 Å². The number of nitrogens with zero attached hydrogens (tertiary/aromatic N) is 4. The third-order valence-electron chi connectivity index (χ3n) is 5.04. The van der Waals surface area contributed by atoms with Crippen molar-refractivity contribution in [2.24, 2.45) is 0 Å². The highest BCUT2D eigenvalue weighted by atomic mass is 19.1. The molecule has 1 N–H and O–H groups in total. The Labute approximate surface area is 164 Å². The molecular formula is C20H16FN5O3. The van der Waals surface area contributed by atoms with E-state index in [4.69, 9.17) is 8.94 Å². The Kier molecular flexibility index (Phi) is 4.01. The molecule has 1 aliphatic rings. The van der Waals surface area contributed by atoms with Crippen LogP contribution in [0.5, 0.6) is 0 Å². The fourth-order valence-corrected chi connectivity index (χ4v) is 3.49. The molecule has 1 aromatic carbocycles. The molecule has 9 heteroatoms. The van der Waals surface area contributed by atoms with Gasteiger partial charge >= 0.3 is 0 Å². The third kappa shape index (κ3) is 3.00. The number of furan rings is 1. The van der Waals surface area contributed by atoms with Gasteiger partial charge in [-0.25, -0.2) is 4.39 Å². The molecule has 29 heavy (non-hydrogen) atoms. The number of carbonyl (C=O) groups excluding carboxylic acids is 1. The van der Waals surface area contributed by atoms with Gasteiger partial charge in [0.2, 0.25) is 5.91 Å². The maximum atomic E-state index is 13.9. The number of nitrogens with one attached hydrogen (secondary N) is 1. The summed E-state index contributed by atoms with van der Waals surface area (Å²) in [5.41, 5.74) is 2.18. The first-order valence-corrected chi connectivity index (χ1v) is 9.09. The number of H-pyrrole nitrogens is 1. The summed E-state index contributed by atoms with van der Waals surface area (Å²) in [5.74, 6) is 0.644. The highest BCUT2D eigenvalue weighted by molar-refractivity contribution is 5.97. The molecule has 0 spiro atoms. The van der Waals surface area contributed by atoms with Gasteiger partial charge in [-0.1, -0.05) is 11.2 Å². The average molecular weight is 393 g/mol. The molecular weight excluding hydrogens is 377 g/mol. The number of carbonyl (C=O) groups is 1. The van der Waals surface area contributed by atoms with Gasteiger partial charge in [0.25, 0.3) is 5.89 Å². The second-order valence-corrected chi connectivity index (χ2v) is 6.89. The molecule has 1 unspecified atom stereocenters. The molecule has 146 valence electrons.